The summed E-state index contributed by atoms with van der Waals surface area (Å²) < 4.78 is 5.59. The Bertz CT molecular complexity index is 265. The third-order valence-electron chi connectivity index (χ3n) is 4.19. The maximum atomic E-state index is 11.5. The Balaban J connectivity index is 2.18. The fourth-order valence-electron chi connectivity index (χ4n) is 2.77. The third kappa shape index (κ3) is 4.88. The average molecular weight is 270 g/mol. The smallest absolute Gasteiger partial charge is 0.167 e. The van der Waals surface area contributed by atoms with Crippen molar-refractivity contribution >= 4 is 5.78 Å². The zero-order valence-electron chi connectivity index (χ0n) is 12.6. The molecule has 1 saturated carbocycles. The molecule has 2 atom stereocenters. The van der Waals surface area contributed by atoms with Gasteiger partial charge in [0.25, 0.3) is 0 Å². The molecule has 3 nitrogen and oxygen atoms in total. The van der Waals surface area contributed by atoms with E-state index in [4.69, 9.17) is 4.74 Å². The van der Waals surface area contributed by atoms with Crippen LogP contribution in [-0.4, -0.2) is 29.2 Å². The molecule has 0 saturated heterocycles. The molecule has 0 heterocycles. The highest BCUT2D eigenvalue weighted by Gasteiger charge is 2.50. The van der Waals surface area contributed by atoms with Crippen LogP contribution in [0.2, 0.25) is 0 Å². The van der Waals surface area contributed by atoms with E-state index in [0.717, 1.165) is 12.8 Å². The first-order valence-electron chi connectivity index (χ1n) is 8.02. The van der Waals surface area contributed by atoms with Crippen LogP contribution in [0, 0.1) is 0 Å². The van der Waals surface area contributed by atoms with E-state index in [-0.39, 0.29) is 11.9 Å². The third-order valence-corrected chi connectivity index (χ3v) is 4.19. The first kappa shape index (κ1) is 16.6. The van der Waals surface area contributed by atoms with Gasteiger partial charge in [0.2, 0.25) is 0 Å². The van der Waals surface area contributed by atoms with Crippen LogP contribution in [0.3, 0.4) is 0 Å². The molecule has 1 aliphatic carbocycles. The molecule has 112 valence electrons. The molecule has 2 unspecified atom stereocenters. The second kappa shape index (κ2) is 8.70. The van der Waals surface area contributed by atoms with Gasteiger partial charge in [0.15, 0.2) is 5.78 Å². The molecule has 1 aliphatic rings. The predicted octanol–water partition coefficient (Wildman–Crippen LogP) is 3.63. The van der Waals surface area contributed by atoms with Crippen LogP contribution >= 0.6 is 0 Å². The Kier molecular flexibility index (Phi) is 7.62. The summed E-state index contributed by atoms with van der Waals surface area (Å²) >= 11 is 0. The van der Waals surface area contributed by atoms with Crippen molar-refractivity contribution in [1.82, 2.24) is 0 Å². The van der Waals surface area contributed by atoms with E-state index in [9.17, 15) is 9.90 Å². The number of carbonyl (C=O) groups excluding carboxylic acids is 1. The molecule has 0 aromatic rings. The quantitative estimate of drug-likeness (QED) is 0.583. The summed E-state index contributed by atoms with van der Waals surface area (Å²) in [6, 6.07) is 0. The van der Waals surface area contributed by atoms with Crippen molar-refractivity contribution in [3.8, 4) is 0 Å². The minimum absolute atomic E-state index is 0.0334. The molecule has 1 N–H and O–H groups in total. The second-order valence-corrected chi connectivity index (χ2v) is 5.70. The lowest BCUT2D eigenvalue weighted by atomic mass is 9.73. The highest BCUT2D eigenvalue weighted by molar-refractivity contribution is 5.93. The zero-order valence-corrected chi connectivity index (χ0v) is 12.6. The molecule has 1 rings (SSSR count). The molecule has 19 heavy (non-hydrogen) atoms. The minimum Gasteiger partial charge on any atom is -0.379 e. The molecule has 0 radical (unpaired) electrons. The van der Waals surface area contributed by atoms with Gasteiger partial charge in [-0.15, -0.1) is 0 Å². The fraction of sp³-hybridized carbons (Fsp3) is 0.938. The number of hydrogen-bond acceptors (Lipinski definition) is 3. The van der Waals surface area contributed by atoms with Crippen LogP contribution in [0.15, 0.2) is 0 Å². The molecule has 1 fully saturated rings. The summed E-state index contributed by atoms with van der Waals surface area (Å²) in [6.45, 7) is 4.71. The number of Topliss-reactive ketones (excluding diaryl/α,β-unsaturated/α-hetero) is 1. The molecular weight excluding hydrogens is 240 g/mol. The van der Waals surface area contributed by atoms with E-state index in [2.05, 4.69) is 6.92 Å². The number of ketones is 1. The van der Waals surface area contributed by atoms with Crippen molar-refractivity contribution in [3.05, 3.63) is 0 Å². The Hall–Kier alpha value is -0.410. The summed E-state index contributed by atoms with van der Waals surface area (Å²) in [5.74, 6) is -0.0334. The van der Waals surface area contributed by atoms with Crippen LogP contribution in [0.25, 0.3) is 0 Å². The number of ether oxygens (including phenoxy) is 1. The van der Waals surface area contributed by atoms with Crippen molar-refractivity contribution in [2.75, 3.05) is 6.61 Å². The monoisotopic (exact) mass is 270 g/mol. The lowest BCUT2D eigenvalue weighted by Gasteiger charge is -2.41. The molecule has 0 aromatic heterocycles. The highest BCUT2D eigenvalue weighted by Crippen LogP contribution is 2.35. The summed E-state index contributed by atoms with van der Waals surface area (Å²) in [6.07, 6.45) is 10.3. The van der Waals surface area contributed by atoms with Gasteiger partial charge in [-0.1, -0.05) is 51.9 Å². The van der Waals surface area contributed by atoms with Gasteiger partial charge in [0.1, 0.15) is 5.60 Å². The maximum absolute atomic E-state index is 11.5. The van der Waals surface area contributed by atoms with Gasteiger partial charge in [-0.05, 0) is 19.8 Å². The molecule has 0 aromatic carbocycles. The topological polar surface area (TPSA) is 46.5 Å². The van der Waals surface area contributed by atoms with Gasteiger partial charge in [0, 0.05) is 13.0 Å². The Labute approximate surface area is 117 Å². The van der Waals surface area contributed by atoms with E-state index >= 15 is 0 Å². The Morgan fingerprint density at radius 3 is 2.26 bits per heavy atom. The Morgan fingerprint density at radius 1 is 1.16 bits per heavy atom. The van der Waals surface area contributed by atoms with Crippen molar-refractivity contribution in [2.24, 2.45) is 0 Å². The highest BCUT2D eigenvalue weighted by atomic mass is 16.5. The van der Waals surface area contributed by atoms with Crippen LogP contribution < -0.4 is 0 Å². The van der Waals surface area contributed by atoms with Crippen LogP contribution in [0.1, 0.15) is 78.1 Å². The lowest BCUT2D eigenvalue weighted by molar-refractivity contribution is -0.175. The van der Waals surface area contributed by atoms with E-state index in [1.807, 2.05) is 6.92 Å². The first-order chi connectivity index (χ1) is 9.15. The van der Waals surface area contributed by atoms with Gasteiger partial charge in [0.05, 0.1) is 6.10 Å². The van der Waals surface area contributed by atoms with E-state index in [0.29, 0.717) is 19.4 Å². The van der Waals surface area contributed by atoms with Crippen LogP contribution in [0.5, 0.6) is 0 Å². The maximum Gasteiger partial charge on any atom is 0.167 e. The molecule has 0 bridgehead atoms. The van der Waals surface area contributed by atoms with Crippen molar-refractivity contribution in [3.63, 3.8) is 0 Å². The Morgan fingerprint density at radius 2 is 1.79 bits per heavy atom. The fourth-order valence-corrected chi connectivity index (χ4v) is 2.77. The molecule has 0 aliphatic heterocycles. The molecule has 0 amide bonds. The number of aliphatic hydroxyl groups is 1. The number of hydrogen-bond donors (Lipinski definition) is 1. The standard InChI is InChI=1S/C16H30O3/c1-3-5-6-7-8-9-10-11-15(19-4-2)16(18)13-12-14(16)17/h15,18H,3-13H2,1-2H3. The van der Waals surface area contributed by atoms with Crippen molar-refractivity contribution < 1.29 is 14.6 Å². The number of carbonyl (C=O) groups is 1. The van der Waals surface area contributed by atoms with Crippen molar-refractivity contribution in [2.45, 2.75) is 89.8 Å². The first-order valence-corrected chi connectivity index (χ1v) is 8.02. The van der Waals surface area contributed by atoms with Crippen LogP contribution in [-0.2, 0) is 9.53 Å². The number of rotatable bonds is 11. The summed E-state index contributed by atoms with van der Waals surface area (Å²) in [4.78, 5) is 11.5. The summed E-state index contributed by atoms with van der Waals surface area (Å²) in [7, 11) is 0. The van der Waals surface area contributed by atoms with Gasteiger partial charge >= 0.3 is 0 Å². The van der Waals surface area contributed by atoms with Crippen molar-refractivity contribution in [1.29, 1.82) is 0 Å². The molecular formula is C16H30O3. The molecule has 0 spiro atoms. The largest absolute Gasteiger partial charge is 0.379 e. The molecule has 3 heteroatoms. The van der Waals surface area contributed by atoms with Gasteiger partial charge in [-0.25, -0.2) is 0 Å². The average Bonchev–Trinajstić information content (AvgIpc) is 2.42. The van der Waals surface area contributed by atoms with Gasteiger partial charge < -0.3 is 9.84 Å². The van der Waals surface area contributed by atoms with Gasteiger partial charge in [-0.2, -0.15) is 0 Å². The normalized spacial score (nSPS) is 24.3. The minimum atomic E-state index is -1.17. The predicted molar refractivity (Wildman–Crippen MR) is 77.2 cm³/mol. The second-order valence-electron chi connectivity index (χ2n) is 5.70. The lowest BCUT2D eigenvalue weighted by Crippen LogP contribution is -2.57. The SMILES string of the molecule is CCCCCCCCCC(OCC)C1(O)CCC1=O. The number of unbranched alkanes of at least 4 members (excludes halogenated alkanes) is 6. The van der Waals surface area contributed by atoms with E-state index in [1.165, 1.54) is 38.5 Å². The van der Waals surface area contributed by atoms with Crippen LogP contribution in [0.4, 0.5) is 0 Å². The summed E-state index contributed by atoms with van der Waals surface area (Å²) in [5, 5.41) is 10.3. The van der Waals surface area contributed by atoms with E-state index in [1.54, 1.807) is 0 Å². The van der Waals surface area contributed by atoms with Gasteiger partial charge in [-0.3, -0.25) is 4.79 Å². The van der Waals surface area contributed by atoms with E-state index < -0.39 is 5.60 Å². The summed E-state index contributed by atoms with van der Waals surface area (Å²) in [5.41, 5.74) is -1.17. The zero-order chi connectivity index (χ0) is 14.1.